The van der Waals surface area contributed by atoms with Crippen LogP contribution in [0.4, 0.5) is 5.82 Å². The number of ether oxygens (including phenoxy) is 4. The Balaban J connectivity index is 1.60. The van der Waals surface area contributed by atoms with E-state index >= 15 is 0 Å². The standard InChI is InChI=1S/C20H16N2O5/c23-14-9-18-17(26-11-27-18)8-13(14)20(22-19-3-1-2-6-21-19)12-4-5-15-16(7-12)25-10-24-15/h1-9,20,23H,10-11H2,(H,21,22)/p+1/t20-/m1/s1. The summed E-state index contributed by atoms with van der Waals surface area (Å²) in [4.78, 5) is 3.16. The predicted octanol–water partition coefficient (Wildman–Crippen LogP) is 2.87. The van der Waals surface area contributed by atoms with Crippen molar-refractivity contribution in [2.75, 3.05) is 18.9 Å². The molecule has 5 rings (SSSR count). The second-order valence-electron chi connectivity index (χ2n) is 6.23. The molecule has 7 nitrogen and oxygen atoms in total. The SMILES string of the molecule is Oc1cc2c(cc1[C@H](Nc1cccc[nH+]1)c1ccc3c(c1)OCO3)OCO2. The number of phenols is 1. The van der Waals surface area contributed by atoms with E-state index in [9.17, 15) is 5.11 Å². The summed E-state index contributed by atoms with van der Waals surface area (Å²) in [5, 5.41) is 14.1. The summed E-state index contributed by atoms with van der Waals surface area (Å²) in [6, 6.07) is 14.5. The minimum atomic E-state index is -0.354. The molecule has 0 amide bonds. The van der Waals surface area contributed by atoms with Gasteiger partial charge in [0.1, 0.15) is 11.8 Å². The van der Waals surface area contributed by atoms with Gasteiger partial charge in [-0.15, -0.1) is 0 Å². The Kier molecular flexibility index (Phi) is 3.64. The fourth-order valence-corrected chi connectivity index (χ4v) is 3.25. The number of benzene rings is 2. The van der Waals surface area contributed by atoms with E-state index in [2.05, 4.69) is 10.3 Å². The van der Waals surface area contributed by atoms with Crippen LogP contribution in [0.5, 0.6) is 28.7 Å². The number of nitrogens with one attached hydrogen (secondary N) is 2. The molecule has 1 atom stereocenters. The fourth-order valence-electron chi connectivity index (χ4n) is 3.25. The maximum absolute atomic E-state index is 10.6. The third-order valence-electron chi connectivity index (χ3n) is 4.57. The minimum Gasteiger partial charge on any atom is -0.507 e. The molecule has 0 saturated heterocycles. The van der Waals surface area contributed by atoms with Crippen molar-refractivity contribution < 1.29 is 29.0 Å². The number of hydrogen-bond donors (Lipinski definition) is 2. The molecule has 7 heteroatoms. The van der Waals surface area contributed by atoms with Crippen LogP contribution in [0.25, 0.3) is 0 Å². The van der Waals surface area contributed by atoms with Crippen molar-refractivity contribution in [3.63, 3.8) is 0 Å². The van der Waals surface area contributed by atoms with Crippen molar-refractivity contribution in [3.8, 4) is 28.7 Å². The summed E-state index contributed by atoms with van der Waals surface area (Å²) in [7, 11) is 0. The Morgan fingerprint density at radius 2 is 1.59 bits per heavy atom. The first-order valence-electron chi connectivity index (χ1n) is 8.53. The van der Waals surface area contributed by atoms with Gasteiger partial charge < -0.3 is 24.1 Å². The van der Waals surface area contributed by atoms with Crippen molar-refractivity contribution in [2.24, 2.45) is 0 Å². The number of aromatic hydroxyl groups is 1. The molecular formula is C20H17N2O5+. The molecular weight excluding hydrogens is 348 g/mol. The van der Waals surface area contributed by atoms with Crippen LogP contribution in [0, 0.1) is 0 Å². The van der Waals surface area contributed by atoms with Gasteiger partial charge in [0.25, 0.3) is 5.82 Å². The van der Waals surface area contributed by atoms with E-state index in [1.165, 1.54) is 0 Å². The van der Waals surface area contributed by atoms with Gasteiger partial charge in [-0.3, -0.25) is 5.32 Å². The molecule has 2 aliphatic heterocycles. The second-order valence-corrected chi connectivity index (χ2v) is 6.23. The van der Waals surface area contributed by atoms with Crippen LogP contribution in [0.1, 0.15) is 17.2 Å². The highest BCUT2D eigenvalue weighted by molar-refractivity contribution is 5.57. The molecule has 136 valence electrons. The molecule has 0 saturated carbocycles. The number of aromatic amines is 1. The van der Waals surface area contributed by atoms with Crippen molar-refractivity contribution >= 4 is 5.82 Å². The molecule has 2 aliphatic rings. The summed E-state index contributed by atoms with van der Waals surface area (Å²) < 4.78 is 21.8. The van der Waals surface area contributed by atoms with Gasteiger partial charge in [-0.25, -0.2) is 4.98 Å². The van der Waals surface area contributed by atoms with Crippen LogP contribution in [0.15, 0.2) is 54.7 Å². The van der Waals surface area contributed by atoms with Crippen LogP contribution in [-0.2, 0) is 0 Å². The zero-order valence-electron chi connectivity index (χ0n) is 14.3. The normalized spacial score (nSPS) is 14.8. The Hall–Kier alpha value is -3.61. The number of anilines is 1. The Morgan fingerprint density at radius 1 is 0.852 bits per heavy atom. The summed E-state index contributed by atoms with van der Waals surface area (Å²) in [5.41, 5.74) is 1.57. The van der Waals surface area contributed by atoms with Crippen LogP contribution in [-0.4, -0.2) is 18.7 Å². The third-order valence-corrected chi connectivity index (χ3v) is 4.57. The molecule has 0 aliphatic carbocycles. The molecule has 2 aromatic carbocycles. The highest BCUT2D eigenvalue weighted by Crippen LogP contribution is 2.43. The van der Waals surface area contributed by atoms with Gasteiger partial charge in [0, 0.05) is 23.3 Å². The monoisotopic (exact) mass is 365 g/mol. The average molecular weight is 365 g/mol. The summed E-state index contributed by atoms with van der Waals surface area (Å²) in [6.07, 6.45) is 1.83. The van der Waals surface area contributed by atoms with Crippen molar-refractivity contribution in [1.29, 1.82) is 0 Å². The van der Waals surface area contributed by atoms with Crippen LogP contribution >= 0.6 is 0 Å². The molecule has 0 spiro atoms. The van der Waals surface area contributed by atoms with Gasteiger partial charge in [-0.2, -0.15) is 0 Å². The predicted molar refractivity (Wildman–Crippen MR) is 95.3 cm³/mol. The lowest BCUT2D eigenvalue weighted by Gasteiger charge is -2.17. The van der Waals surface area contributed by atoms with Crippen molar-refractivity contribution in [2.45, 2.75) is 6.04 Å². The number of fused-ring (bicyclic) bond motifs is 2. The number of pyridine rings is 1. The lowest BCUT2D eigenvalue weighted by atomic mass is 9.96. The first-order chi connectivity index (χ1) is 13.3. The molecule has 3 aromatic rings. The topological polar surface area (TPSA) is 83.3 Å². The second kappa shape index (κ2) is 6.28. The highest BCUT2D eigenvalue weighted by atomic mass is 16.7. The van der Waals surface area contributed by atoms with E-state index < -0.39 is 0 Å². The molecule has 3 heterocycles. The highest BCUT2D eigenvalue weighted by Gasteiger charge is 2.28. The van der Waals surface area contributed by atoms with Crippen LogP contribution < -0.4 is 29.2 Å². The maximum Gasteiger partial charge on any atom is 0.272 e. The summed E-state index contributed by atoms with van der Waals surface area (Å²) in [5.74, 6) is 3.44. The Labute approximate surface area is 155 Å². The fraction of sp³-hybridized carbons (Fsp3) is 0.150. The van der Waals surface area contributed by atoms with Gasteiger partial charge in [-0.1, -0.05) is 12.1 Å². The number of rotatable bonds is 4. The number of hydrogen-bond acceptors (Lipinski definition) is 6. The minimum absolute atomic E-state index is 0.116. The molecule has 27 heavy (non-hydrogen) atoms. The van der Waals surface area contributed by atoms with E-state index in [-0.39, 0.29) is 25.4 Å². The molecule has 0 unspecified atom stereocenters. The molecule has 3 N–H and O–H groups in total. The summed E-state index contributed by atoms with van der Waals surface area (Å²) >= 11 is 0. The Bertz CT molecular complexity index is 993. The van der Waals surface area contributed by atoms with Crippen molar-refractivity contribution in [1.82, 2.24) is 0 Å². The van der Waals surface area contributed by atoms with Crippen LogP contribution in [0.3, 0.4) is 0 Å². The number of aromatic nitrogens is 1. The van der Waals surface area contributed by atoms with Crippen molar-refractivity contribution in [3.05, 3.63) is 65.9 Å². The van der Waals surface area contributed by atoms with E-state index in [4.69, 9.17) is 18.9 Å². The first-order valence-corrected chi connectivity index (χ1v) is 8.53. The maximum atomic E-state index is 10.6. The van der Waals surface area contributed by atoms with Gasteiger partial charge in [0.15, 0.2) is 23.0 Å². The van der Waals surface area contributed by atoms with E-state index in [1.807, 2.05) is 42.6 Å². The first kappa shape index (κ1) is 15.6. The van der Waals surface area contributed by atoms with E-state index in [0.717, 1.165) is 11.4 Å². The number of phenolic OH excluding ortho intramolecular Hbond substituents is 1. The van der Waals surface area contributed by atoms with Gasteiger partial charge >= 0.3 is 0 Å². The Morgan fingerprint density at radius 3 is 2.37 bits per heavy atom. The largest absolute Gasteiger partial charge is 0.507 e. The zero-order chi connectivity index (χ0) is 18.2. The van der Waals surface area contributed by atoms with Gasteiger partial charge in [0.2, 0.25) is 13.6 Å². The molecule has 1 aromatic heterocycles. The quantitative estimate of drug-likeness (QED) is 0.740. The van der Waals surface area contributed by atoms with E-state index in [0.29, 0.717) is 28.6 Å². The molecule has 0 fully saturated rings. The lowest BCUT2D eigenvalue weighted by molar-refractivity contribution is -0.361. The third kappa shape index (κ3) is 2.83. The smallest absolute Gasteiger partial charge is 0.272 e. The lowest BCUT2D eigenvalue weighted by Crippen LogP contribution is -2.18. The number of H-pyrrole nitrogens is 1. The zero-order valence-corrected chi connectivity index (χ0v) is 14.3. The van der Waals surface area contributed by atoms with Crippen LogP contribution in [0.2, 0.25) is 0 Å². The molecule has 0 bridgehead atoms. The van der Waals surface area contributed by atoms with E-state index in [1.54, 1.807) is 12.1 Å². The summed E-state index contributed by atoms with van der Waals surface area (Å²) in [6.45, 7) is 0.353. The van der Waals surface area contributed by atoms with Gasteiger partial charge in [0.05, 0.1) is 6.20 Å². The van der Waals surface area contributed by atoms with Gasteiger partial charge in [-0.05, 0) is 24.3 Å². The average Bonchev–Trinajstić information content (AvgIpc) is 3.34. The molecule has 0 radical (unpaired) electrons.